The number of nitrogens with one attached hydrogen (secondary N) is 1. The molecule has 1 heterocycles. The lowest BCUT2D eigenvalue weighted by Gasteiger charge is -2.33. The second-order valence-corrected chi connectivity index (χ2v) is 9.04. The van der Waals surface area contributed by atoms with E-state index in [1.807, 2.05) is 0 Å². The standard InChI is InChI=1S/C18H24N2O5S/c21-16(19-18(17(22)23)10-4-5-11-18)14-7-6-12-20(13-14)26(24,25)15-8-2-1-3-9-15/h1-3,8-9,14H,4-7,10-13H2,(H,19,21)(H,22,23). The summed E-state index contributed by atoms with van der Waals surface area (Å²) in [6.07, 6.45) is 3.52. The fourth-order valence-electron chi connectivity index (χ4n) is 3.83. The third kappa shape index (κ3) is 3.61. The van der Waals surface area contributed by atoms with Crippen molar-refractivity contribution in [2.45, 2.75) is 49.0 Å². The Hall–Kier alpha value is -1.93. The molecule has 2 N–H and O–H groups in total. The molecule has 0 aromatic heterocycles. The molecule has 0 bridgehead atoms. The number of benzene rings is 1. The Bertz CT molecular complexity index is 772. The zero-order chi connectivity index (χ0) is 18.8. The van der Waals surface area contributed by atoms with Crippen LogP contribution in [0.1, 0.15) is 38.5 Å². The van der Waals surface area contributed by atoms with Gasteiger partial charge in [-0.05, 0) is 37.8 Å². The Labute approximate surface area is 153 Å². The van der Waals surface area contributed by atoms with Gasteiger partial charge in [0.15, 0.2) is 0 Å². The van der Waals surface area contributed by atoms with Crippen LogP contribution >= 0.6 is 0 Å². The SMILES string of the molecule is O=C(NC1(C(=O)O)CCCC1)C1CCCN(S(=O)(=O)c2ccccc2)C1. The number of rotatable bonds is 5. The number of sulfonamides is 1. The highest BCUT2D eigenvalue weighted by Gasteiger charge is 2.44. The normalized spacial score (nSPS) is 23.5. The molecule has 1 unspecified atom stereocenters. The van der Waals surface area contributed by atoms with Crippen LogP contribution in [0.25, 0.3) is 0 Å². The smallest absolute Gasteiger partial charge is 0.329 e. The number of carbonyl (C=O) groups excluding carboxylic acids is 1. The lowest BCUT2D eigenvalue weighted by atomic mass is 9.93. The monoisotopic (exact) mass is 380 g/mol. The summed E-state index contributed by atoms with van der Waals surface area (Å²) < 4.78 is 26.9. The summed E-state index contributed by atoms with van der Waals surface area (Å²) in [7, 11) is -3.65. The first-order chi connectivity index (χ1) is 12.3. The van der Waals surface area contributed by atoms with Gasteiger partial charge in [-0.1, -0.05) is 31.0 Å². The van der Waals surface area contributed by atoms with Crippen molar-refractivity contribution in [3.8, 4) is 0 Å². The highest BCUT2D eigenvalue weighted by atomic mass is 32.2. The minimum atomic E-state index is -3.65. The maximum atomic E-state index is 12.8. The van der Waals surface area contributed by atoms with E-state index in [1.165, 1.54) is 16.4 Å². The molecule has 2 aliphatic rings. The van der Waals surface area contributed by atoms with E-state index >= 15 is 0 Å². The second-order valence-electron chi connectivity index (χ2n) is 7.10. The number of carboxylic acids is 1. The van der Waals surface area contributed by atoms with Gasteiger partial charge in [-0.15, -0.1) is 0 Å². The molecule has 1 aliphatic carbocycles. The summed E-state index contributed by atoms with van der Waals surface area (Å²) >= 11 is 0. The van der Waals surface area contributed by atoms with Crippen LogP contribution in [0.5, 0.6) is 0 Å². The number of aliphatic carboxylic acids is 1. The topological polar surface area (TPSA) is 104 Å². The van der Waals surface area contributed by atoms with E-state index in [4.69, 9.17) is 0 Å². The van der Waals surface area contributed by atoms with Crippen molar-refractivity contribution in [2.24, 2.45) is 5.92 Å². The molecule has 0 radical (unpaired) electrons. The minimum Gasteiger partial charge on any atom is -0.480 e. The summed E-state index contributed by atoms with van der Waals surface area (Å²) in [6, 6.07) is 8.15. The Kier molecular flexibility index (Phi) is 5.34. The van der Waals surface area contributed by atoms with E-state index in [0.29, 0.717) is 32.2 Å². The average molecular weight is 380 g/mol. The molecule has 7 nitrogen and oxygen atoms in total. The third-order valence-corrected chi connectivity index (χ3v) is 7.24. The molecule has 2 fully saturated rings. The summed E-state index contributed by atoms with van der Waals surface area (Å²) in [5.74, 6) is -1.89. The average Bonchev–Trinajstić information content (AvgIpc) is 3.12. The van der Waals surface area contributed by atoms with Crippen LogP contribution in [0, 0.1) is 5.92 Å². The van der Waals surface area contributed by atoms with Crippen molar-refractivity contribution >= 4 is 21.9 Å². The summed E-state index contributed by atoms with van der Waals surface area (Å²) in [5.41, 5.74) is -1.20. The van der Waals surface area contributed by atoms with Crippen LogP contribution in [0.3, 0.4) is 0 Å². The van der Waals surface area contributed by atoms with Crippen LogP contribution in [0.4, 0.5) is 0 Å². The number of carboxylic acid groups (broad SMARTS) is 1. The van der Waals surface area contributed by atoms with E-state index in [1.54, 1.807) is 18.2 Å². The van der Waals surface area contributed by atoms with Crippen molar-refractivity contribution in [3.05, 3.63) is 30.3 Å². The zero-order valence-electron chi connectivity index (χ0n) is 14.6. The Morgan fingerprint density at radius 1 is 1.12 bits per heavy atom. The molecule has 142 valence electrons. The molecule has 3 rings (SSSR count). The Morgan fingerprint density at radius 3 is 2.38 bits per heavy atom. The lowest BCUT2D eigenvalue weighted by Crippen LogP contribution is -2.56. The van der Waals surface area contributed by atoms with Gasteiger partial charge >= 0.3 is 5.97 Å². The Morgan fingerprint density at radius 2 is 1.77 bits per heavy atom. The first kappa shape index (κ1) is 18.8. The van der Waals surface area contributed by atoms with Crippen LogP contribution in [-0.2, 0) is 19.6 Å². The van der Waals surface area contributed by atoms with Gasteiger partial charge in [0.05, 0.1) is 10.8 Å². The molecule has 1 saturated carbocycles. The fourth-order valence-corrected chi connectivity index (χ4v) is 5.37. The van der Waals surface area contributed by atoms with Gasteiger partial charge in [-0.25, -0.2) is 13.2 Å². The highest BCUT2D eigenvalue weighted by Crippen LogP contribution is 2.31. The predicted molar refractivity (Wildman–Crippen MR) is 94.9 cm³/mol. The second kappa shape index (κ2) is 7.36. The molecular weight excluding hydrogens is 356 g/mol. The number of piperidine rings is 1. The molecule has 1 aromatic carbocycles. The van der Waals surface area contributed by atoms with Crippen LogP contribution in [-0.4, -0.2) is 48.3 Å². The highest BCUT2D eigenvalue weighted by molar-refractivity contribution is 7.89. The first-order valence-corrected chi connectivity index (χ1v) is 10.4. The van der Waals surface area contributed by atoms with Crippen molar-refractivity contribution in [3.63, 3.8) is 0 Å². The fraction of sp³-hybridized carbons (Fsp3) is 0.556. The van der Waals surface area contributed by atoms with Gasteiger partial charge in [0.25, 0.3) is 0 Å². The molecule has 1 atom stereocenters. The first-order valence-electron chi connectivity index (χ1n) is 8.96. The van der Waals surface area contributed by atoms with Crippen LogP contribution in [0.2, 0.25) is 0 Å². The van der Waals surface area contributed by atoms with Gasteiger partial charge < -0.3 is 10.4 Å². The van der Waals surface area contributed by atoms with Gasteiger partial charge in [0.1, 0.15) is 5.54 Å². The molecule has 1 saturated heterocycles. The third-order valence-electron chi connectivity index (χ3n) is 5.36. The number of carbonyl (C=O) groups is 2. The largest absolute Gasteiger partial charge is 0.480 e. The number of nitrogens with zero attached hydrogens (tertiary/aromatic N) is 1. The lowest BCUT2D eigenvalue weighted by molar-refractivity contribution is -0.148. The molecule has 1 aliphatic heterocycles. The predicted octanol–water partition coefficient (Wildman–Crippen LogP) is 1.60. The molecule has 8 heteroatoms. The van der Waals surface area contributed by atoms with Crippen molar-refractivity contribution in [1.82, 2.24) is 9.62 Å². The maximum Gasteiger partial charge on any atom is 0.329 e. The molecule has 1 aromatic rings. The summed E-state index contributed by atoms with van der Waals surface area (Å²) in [6.45, 7) is 0.448. The van der Waals surface area contributed by atoms with Crippen LogP contribution in [0.15, 0.2) is 35.2 Å². The molecule has 0 spiro atoms. The van der Waals surface area contributed by atoms with Gasteiger partial charge in [-0.3, -0.25) is 4.79 Å². The van der Waals surface area contributed by atoms with Gasteiger partial charge in [0.2, 0.25) is 15.9 Å². The van der Waals surface area contributed by atoms with E-state index in [-0.39, 0.29) is 17.3 Å². The number of amides is 1. The van der Waals surface area contributed by atoms with Gasteiger partial charge in [0, 0.05) is 13.1 Å². The van der Waals surface area contributed by atoms with Crippen molar-refractivity contribution in [1.29, 1.82) is 0 Å². The van der Waals surface area contributed by atoms with Crippen molar-refractivity contribution in [2.75, 3.05) is 13.1 Å². The minimum absolute atomic E-state index is 0.0821. The molecule has 1 amide bonds. The zero-order valence-corrected chi connectivity index (χ0v) is 15.4. The Balaban J connectivity index is 1.72. The van der Waals surface area contributed by atoms with Crippen LogP contribution < -0.4 is 5.32 Å². The maximum absolute atomic E-state index is 12.8. The summed E-state index contributed by atoms with van der Waals surface area (Å²) in [4.78, 5) is 24.5. The van der Waals surface area contributed by atoms with E-state index < -0.39 is 27.4 Å². The summed E-state index contributed by atoms with van der Waals surface area (Å²) in [5, 5.41) is 12.2. The van der Waals surface area contributed by atoms with Crippen molar-refractivity contribution < 1.29 is 23.1 Å². The van der Waals surface area contributed by atoms with E-state index in [0.717, 1.165) is 12.8 Å². The van der Waals surface area contributed by atoms with E-state index in [9.17, 15) is 23.1 Å². The quantitative estimate of drug-likeness (QED) is 0.807. The molecular formula is C18H24N2O5S. The van der Waals surface area contributed by atoms with Gasteiger partial charge in [-0.2, -0.15) is 4.31 Å². The van der Waals surface area contributed by atoms with E-state index in [2.05, 4.69) is 5.32 Å². The number of hydrogen-bond donors (Lipinski definition) is 2. The number of hydrogen-bond acceptors (Lipinski definition) is 4. The molecule has 26 heavy (non-hydrogen) atoms.